The Hall–Kier alpha value is -0.570. The molecule has 2 N–H and O–H groups in total. The molecule has 0 aromatic rings. The zero-order valence-corrected chi connectivity index (χ0v) is 17.0. The molecule has 1 rings (SSSR count). The van der Waals surface area contributed by atoms with Gasteiger partial charge in [-0.25, -0.2) is 0 Å². The van der Waals surface area contributed by atoms with Crippen LogP contribution in [0, 0.1) is 11.3 Å². The van der Waals surface area contributed by atoms with Gasteiger partial charge >= 0.3 is 5.97 Å². The molecule has 0 bridgehead atoms. The molecular formula is C21H41NO2. The second-order valence-electron chi connectivity index (χ2n) is 8.97. The second kappa shape index (κ2) is 8.69. The van der Waals surface area contributed by atoms with Crippen LogP contribution < -0.4 is 5.73 Å². The average molecular weight is 340 g/mol. The Bertz CT molecular complexity index is 391. The van der Waals surface area contributed by atoms with Gasteiger partial charge in [0, 0.05) is 5.54 Å². The predicted molar refractivity (Wildman–Crippen MR) is 102 cm³/mol. The highest BCUT2D eigenvalue weighted by molar-refractivity contribution is 5.78. The lowest BCUT2D eigenvalue weighted by Gasteiger charge is -2.44. The van der Waals surface area contributed by atoms with Gasteiger partial charge in [0.1, 0.15) is 5.60 Å². The Labute approximate surface area is 150 Å². The normalized spacial score (nSPS) is 22.8. The maximum absolute atomic E-state index is 13.3. The quantitative estimate of drug-likeness (QED) is 0.614. The van der Waals surface area contributed by atoms with Gasteiger partial charge in [-0.1, -0.05) is 46.5 Å². The monoisotopic (exact) mass is 339 g/mol. The van der Waals surface area contributed by atoms with E-state index in [0.717, 1.165) is 44.9 Å². The van der Waals surface area contributed by atoms with Gasteiger partial charge in [0.25, 0.3) is 0 Å². The van der Waals surface area contributed by atoms with E-state index in [1.54, 1.807) is 0 Å². The zero-order chi connectivity index (χ0) is 18.4. The molecule has 1 aliphatic carbocycles. The molecule has 2 unspecified atom stereocenters. The molecule has 0 saturated heterocycles. The van der Waals surface area contributed by atoms with Crippen molar-refractivity contribution in [2.75, 3.05) is 0 Å². The van der Waals surface area contributed by atoms with E-state index in [1.807, 2.05) is 20.8 Å². The van der Waals surface area contributed by atoms with Crippen LogP contribution >= 0.6 is 0 Å². The molecule has 142 valence electrons. The molecule has 2 atom stereocenters. The van der Waals surface area contributed by atoms with Crippen molar-refractivity contribution in [2.45, 2.75) is 117 Å². The van der Waals surface area contributed by atoms with Crippen molar-refractivity contribution >= 4 is 5.97 Å². The van der Waals surface area contributed by atoms with Crippen LogP contribution in [0.3, 0.4) is 0 Å². The van der Waals surface area contributed by atoms with E-state index >= 15 is 0 Å². The van der Waals surface area contributed by atoms with E-state index in [-0.39, 0.29) is 11.6 Å². The summed E-state index contributed by atoms with van der Waals surface area (Å²) in [6, 6.07) is 0. The van der Waals surface area contributed by atoms with Crippen molar-refractivity contribution in [2.24, 2.45) is 17.1 Å². The summed E-state index contributed by atoms with van der Waals surface area (Å²) in [7, 11) is 0. The van der Waals surface area contributed by atoms with E-state index < -0.39 is 11.0 Å². The topological polar surface area (TPSA) is 52.3 Å². The third kappa shape index (κ3) is 5.21. The molecule has 1 aliphatic rings. The van der Waals surface area contributed by atoms with Gasteiger partial charge in [-0.15, -0.1) is 0 Å². The molecule has 1 fully saturated rings. The lowest BCUT2D eigenvalue weighted by Crippen LogP contribution is -2.56. The largest absolute Gasteiger partial charge is 0.459 e. The van der Waals surface area contributed by atoms with Crippen molar-refractivity contribution in [3.8, 4) is 0 Å². The van der Waals surface area contributed by atoms with Gasteiger partial charge in [0.15, 0.2) is 0 Å². The molecule has 0 aromatic heterocycles. The number of hydrogen-bond donors (Lipinski definition) is 1. The van der Waals surface area contributed by atoms with Gasteiger partial charge in [-0.3, -0.25) is 4.79 Å². The highest BCUT2D eigenvalue weighted by Gasteiger charge is 2.49. The van der Waals surface area contributed by atoms with Crippen molar-refractivity contribution in [3.63, 3.8) is 0 Å². The number of hydrogen-bond acceptors (Lipinski definition) is 3. The van der Waals surface area contributed by atoms with Crippen LogP contribution in [0.25, 0.3) is 0 Å². The average Bonchev–Trinajstić information content (AvgIpc) is 2.48. The van der Waals surface area contributed by atoms with E-state index in [9.17, 15) is 4.79 Å². The summed E-state index contributed by atoms with van der Waals surface area (Å²) in [5.74, 6) is 0.373. The molecule has 0 amide bonds. The summed E-state index contributed by atoms with van der Waals surface area (Å²) in [6.07, 6.45) is 10.9. The molecule has 3 heteroatoms. The summed E-state index contributed by atoms with van der Waals surface area (Å²) in [5.41, 5.74) is 4.95. The van der Waals surface area contributed by atoms with Crippen molar-refractivity contribution < 1.29 is 9.53 Å². The third-order valence-corrected chi connectivity index (χ3v) is 6.54. The molecule has 24 heavy (non-hydrogen) atoms. The third-order valence-electron chi connectivity index (χ3n) is 6.54. The van der Waals surface area contributed by atoms with E-state index in [1.165, 1.54) is 19.3 Å². The fraction of sp³-hybridized carbons (Fsp3) is 0.952. The van der Waals surface area contributed by atoms with Crippen LogP contribution in [0.15, 0.2) is 0 Å². The van der Waals surface area contributed by atoms with Crippen LogP contribution in [0.1, 0.15) is 106 Å². The van der Waals surface area contributed by atoms with Crippen LogP contribution in [-0.2, 0) is 9.53 Å². The molecular weight excluding hydrogens is 298 g/mol. The van der Waals surface area contributed by atoms with Gasteiger partial charge in [0.2, 0.25) is 0 Å². The molecule has 0 aliphatic heterocycles. The Kier molecular flexibility index (Phi) is 7.77. The Morgan fingerprint density at radius 2 is 1.58 bits per heavy atom. The standard InChI is InChI=1S/C21H41NO2/c1-7-17(3)16-20(6,19(4,5)22)18(23)24-21(8-2)14-12-10-9-11-13-15-21/h17H,7-16,22H2,1-6H3. The van der Waals surface area contributed by atoms with E-state index in [4.69, 9.17) is 10.5 Å². The summed E-state index contributed by atoms with van der Waals surface area (Å²) in [4.78, 5) is 13.3. The summed E-state index contributed by atoms with van der Waals surface area (Å²) < 4.78 is 6.28. The van der Waals surface area contributed by atoms with Gasteiger partial charge in [0.05, 0.1) is 5.41 Å². The molecule has 0 spiro atoms. The lowest BCUT2D eigenvalue weighted by molar-refractivity contribution is -0.179. The lowest BCUT2D eigenvalue weighted by atomic mass is 9.68. The summed E-state index contributed by atoms with van der Waals surface area (Å²) in [5, 5.41) is 0. The summed E-state index contributed by atoms with van der Waals surface area (Å²) in [6.45, 7) is 12.5. The molecule has 0 radical (unpaired) electrons. The molecule has 3 nitrogen and oxygen atoms in total. The van der Waals surface area contributed by atoms with Crippen molar-refractivity contribution in [1.82, 2.24) is 0 Å². The first kappa shape index (κ1) is 21.5. The minimum Gasteiger partial charge on any atom is -0.459 e. The fourth-order valence-electron chi connectivity index (χ4n) is 3.84. The highest BCUT2D eigenvalue weighted by Crippen LogP contribution is 2.41. The van der Waals surface area contributed by atoms with Gasteiger partial charge in [-0.2, -0.15) is 0 Å². The maximum atomic E-state index is 13.3. The van der Waals surface area contributed by atoms with Gasteiger partial charge in [-0.05, 0) is 65.2 Å². The smallest absolute Gasteiger partial charge is 0.314 e. The minimum absolute atomic E-state index is 0.0854. The van der Waals surface area contributed by atoms with Crippen LogP contribution in [-0.4, -0.2) is 17.1 Å². The zero-order valence-electron chi connectivity index (χ0n) is 17.0. The van der Waals surface area contributed by atoms with E-state index in [0.29, 0.717) is 5.92 Å². The minimum atomic E-state index is -0.646. The Balaban J connectivity index is 3.00. The Morgan fingerprint density at radius 3 is 2.00 bits per heavy atom. The number of carbonyl (C=O) groups excluding carboxylic acids is 1. The number of ether oxygens (including phenoxy) is 1. The van der Waals surface area contributed by atoms with Gasteiger partial charge < -0.3 is 10.5 Å². The molecule has 0 heterocycles. The first-order valence-electron chi connectivity index (χ1n) is 10.1. The number of nitrogens with two attached hydrogens (primary N) is 1. The highest BCUT2D eigenvalue weighted by atomic mass is 16.6. The van der Waals surface area contributed by atoms with Crippen molar-refractivity contribution in [3.05, 3.63) is 0 Å². The first-order valence-corrected chi connectivity index (χ1v) is 10.1. The first-order chi connectivity index (χ1) is 11.1. The molecule has 1 saturated carbocycles. The maximum Gasteiger partial charge on any atom is 0.314 e. The number of esters is 1. The predicted octanol–water partition coefficient (Wildman–Crippen LogP) is 5.60. The Morgan fingerprint density at radius 1 is 1.08 bits per heavy atom. The van der Waals surface area contributed by atoms with Crippen molar-refractivity contribution in [1.29, 1.82) is 0 Å². The van der Waals surface area contributed by atoms with E-state index in [2.05, 4.69) is 20.8 Å². The number of rotatable bonds is 7. The van der Waals surface area contributed by atoms with Crippen LogP contribution in [0.4, 0.5) is 0 Å². The second-order valence-corrected chi connectivity index (χ2v) is 8.97. The fourth-order valence-corrected chi connectivity index (χ4v) is 3.84. The summed E-state index contributed by atoms with van der Waals surface area (Å²) >= 11 is 0. The number of carbonyl (C=O) groups is 1. The van der Waals surface area contributed by atoms with Crippen LogP contribution in [0.2, 0.25) is 0 Å². The SMILES string of the molecule is CCC(C)CC(C)(C(=O)OC1(CC)CCCCCCC1)C(C)(C)N. The van der Waals surface area contributed by atoms with Crippen LogP contribution in [0.5, 0.6) is 0 Å². The molecule has 0 aromatic carbocycles.